The first-order valence-electron chi connectivity index (χ1n) is 7.90. The van der Waals surface area contributed by atoms with Crippen LogP contribution in [0.5, 0.6) is 0 Å². The average Bonchev–Trinajstić information content (AvgIpc) is 2.55. The molecule has 0 saturated carbocycles. The highest BCUT2D eigenvalue weighted by molar-refractivity contribution is 5.85. The fourth-order valence-electron chi connectivity index (χ4n) is 2.37. The molecular formula is C17H19F6N3O. The van der Waals surface area contributed by atoms with Crippen LogP contribution in [0, 0.1) is 11.3 Å². The minimum atomic E-state index is -4.92. The van der Waals surface area contributed by atoms with Crippen LogP contribution >= 0.6 is 0 Å². The van der Waals surface area contributed by atoms with E-state index in [1.807, 2.05) is 0 Å². The molecule has 0 saturated heterocycles. The van der Waals surface area contributed by atoms with E-state index in [1.165, 1.54) is 24.9 Å². The number of likely N-dealkylation sites (N-methyl/N-ethyl adjacent to an activating group) is 1. The molecule has 0 radical (unpaired) electrons. The summed E-state index contributed by atoms with van der Waals surface area (Å²) in [4.78, 5) is 14.2. The predicted molar refractivity (Wildman–Crippen MR) is 86.9 cm³/mol. The van der Waals surface area contributed by atoms with Crippen LogP contribution in [0.25, 0.3) is 0 Å². The molecular weight excluding hydrogens is 376 g/mol. The van der Waals surface area contributed by atoms with Crippen molar-refractivity contribution in [2.45, 2.75) is 45.2 Å². The molecule has 1 unspecified atom stereocenters. The quantitative estimate of drug-likeness (QED) is 0.702. The number of nitrogens with zero attached hydrogens (tertiary/aromatic N) is 3. The highest BCUT2D eigenvalue weighted by atomic mass is 19.4. The molecule has 0 aromatic heterocycles. The monoisotopic (exact) mass is 395 g/mol. The molecule has 27 heavy (non-hydrogen) atoms. The van der Waals surface area contributed by atoms with Gasteiger partial charge >= 0.3 is 12.4 Å². The van der Waals surface area contributed by atoms with E-state index >= 15 is 0 Å². The lowest BCUT2D eigenvalue weighted by Gasteiger charge is -2.35. The first kappa shape index (κ1) is 22.6. The molecule has 0 spiro atoms. The minimum Gasteiger partial charge on any atom is -0.351 e. The van der Waals surface area contributed by atoms with E-state index in [4.69, 9.17) is 5.26 Å². The fraction of sp³-hybridized carbons (Fsp3) is 0.529. The van der Waals surface area contributed by atoms with E-state index in [0.717, 1.165) is 12.1 Å². The molecule has 1 aromatic carbocycles. The van der Waals surface area contributed by atoms with Gasteiger partial charge in [0.1, 0.15) is 12.6 Å². The molecule has 0 fully saturated rings. The van der Waals surface area contributed by atoms with E-state index in [1.54, 1.807) is 13.8 Å². The molecule has 0 aliphatic rings. The standard InChI is InChI=1S/C17H19F6N3O/c1-10(2)25(4)15(27)11(3)26(9-16(18,19)20)13-6-5-12(8-24)14(7-13)17(21,22)23/h5-7,10-11H,9H2,1-4H3. The molecule has 10 heteroatoms. The summed E-state index contributed by atoms with van der Waals surface area (Å²) < 4.78 is 78.5. The third-order valence-electron chi connectivity index (χ3n) is 4.06. The summed E-state index contributed by atoms with van der Waals surface area (Å²) in [6.07, 6.45) is -9.68. The smallest absolute Gasteiger partial charge is 0.351 e. The van der Waals surface area contributed by atoms with Crippen LogP contribution in [-0.2, 0) is 11.0 Å². The summed E-state index contributed by atoms with van der Waals surface area (Å²) in [7, 11) is 1.40. The zero-order valence-electron chi connectivity index (χ0n) is 15.1. The fourth-order valence-corrected chi connectivity index (χ4v) is 2.37. The molecule has 1 rings (SSSR count). The van der Waals surface area contributed by atoms with Crippen molar-refractivity contribution in [1.29, 1.82) is 5.26 Å². The predicted octanol–water partition coefficient (Wildman–Crippen LogP) is 4.20. The van der Waals surface area contributed by atoms with E-state index in [-0.39, 0.29) is 6.04 Å². The maximum atomic E-state index is 13.1. The summed E-state index contributed by atoms with van der Waals surface area (Å²) in [5, 5.41) is 8.82. The highest BCUT2D eigenvalue weighted by Gasteiger charge is 2.38. The van der Waals surface area contributed by atoms with Crippen LogP contribution in [0.3, 0.4) is 0 Å². The van der Waals surface area contributed by atoms with Gasteiger partial charge in [-0.15, -0.1) is 0 Å². The Bertz CT molecular complexity index is 721. The van der Waals surface area contributed by atoms with Gasteiger partial charge in [-0.25, -0.2) is 0 Å². The van der Waals surface area contributed by atoms with Gasteiger partial charge < -0.3 is 9.80 Å². The number of carbonyl (C=O) groups excluding carboxylic acids is 1. The first-order chi connectivity index (χ1) is 12.2. The Morgan fingerprint density at radius 2 is 1.70 bits per heavy atom. The summed E-state index contributed by atoms with van der Waals surface area (Å²) >= 11 is 0. The second-order valence-electron chi connectivity index (χ2n) is 6.30. The van der Waals surface area contributed by atoms with Crippen LogP contribution in [0.15, 0.2) is 18.2 Å². The van der Waals surface area contributed by atoms with Crippen molar-refractivity contribution in [3.8, 4) is 6.07 Å². The Morgan fingerprint density at radius 3 is 2.11 bits per heavy atom. The van der Waals surface area contributed by atoms with Crippen molar-refractivity contribution in [1.82, 2.24) is 4.90 Å². The van der Waals surface area contributed by atoms with Crippen molar-refractivity contribution in [2.75, 3.05) is 18.5 Å². The number of alkyl halides is 6. The molecule has 0 aliphatic heterocycles. The number of carbonyl (C=O) groups is 1. The Balaban J connectivity index is 3.45. The van der Waals surface area contributed by atoms with E-state index in [9.17, 15) is 31.1 Å². The van der Waals surface area contributed by atoms with Gasteiger partial charge in [-0.3, -0.25) is 4.79 Å². The maximum absolute atomic E-state index is 13.1. The molecule has 0 N–H and O–H groups in total. The highest BCUT2D eigenvalue weighted by Crippen LogP contribution is 2.35. The van der Waals surface area contributed by atoms with E-state index in [2.05, 4.69) is 0 Å². The normalized spacial score (nSPS) is 13.3. The Morgan fingerprint density at radius 1 is 1.15 bits per heavy atom. The molecule has 1 atom stereocenters. The Labute approximate surface area is 153 Å². The number of hydrogen-bond acceptors (Lipinski definition) is 3. The second-order valence-corrected chi connectivity index (χ2v) is 6.30. The van der Waals surface area contributed by atoms with Gasteiger partial charge in [0.15, 0.2) is 0 Å². The Kier molecular flexibility index (Phi) is 6.75. The average molecular weight is 395 g/mol. The van der Waals surface area contributed by atoms with Crippen LogP contribution in [0.4, 0.5) is 32.0 Å². The van der Waals surface area contributed by atoms with Crippen molar-refractivity contribution in [3.05, 3.63) is 29.3 Å². The number of nitriles is 1. The van der Waals surface area contributed by atoms with Gasteiger partial charge in [0.2, 0.25) is 5.91 Å². The lowest BCUT2D eigenvalue weighted by molar-refractivity contribution is -0.137. The van der Waals surface area contributed by atoms with Gasteiger partial charge in [0, 0.05) is 18.8 Å². The van der Waals surface area contributed by atoms with Crippen LogP contribution < -0.4 is 4.90 Å². The van der Waals surface area contributed by atoms with Crippen LogP contribution in [-0.4, -0.2) is 42.7 Å². The summed E-state index contributed by atoms with van der Waals surface area (Å²) in [5.41, 5.74) is -2.51. The summed E-state index contributed by atoms with van der Waals surface area (Å²) in [5.74, 6) is -0.674. The lowest BCUT2D eigenvalue weighted by Crippen LogP contribution is -2.50. The molecule has 0 bridgehead atoms. The molecule has 1 aromatic rings. The third kappa shape index (κ3) is 5.77. The van der Waals surface area contributed by atoms with Crippen molar-refractivity contribution in [3.63, 3.8) is 0 Å². The van der Waals surface area contributed by atoms with E-state index in [0.29, 0.717) is 11.0 Å². The third-order valence-corrected chi connectivity index (χ3v) is 4.06. The van der Waals surface area contributed by atoms with Crippen LogP contribution in [0.2, 0.25) is 0 Å². The van der Waals surface area contributed by atoms with Gasteiger partial charge in [-0.05, 0) is 39.0 Å². The minimum absolute atomic E-state index is 0.306. The van der Waals surface area contributed by atoms with Gasteiger partial charge in [0.25, 0.3) is 0 Å². The van der Waals surface area contributed by atoms with Crippen molar-refractivity contribution >= 4 is 11.6 Å². The number of halogens is 6. The number of rotatable bonds is 5. The van der Waals surface area contributed by atoms with E-state index < -0.39 is 47.7 Å². The maximum Gasteiger partial charge on any atom is 0.417 e. The number of anilines is 1. The zero-order valence-corrected chi connectivity index (χ0v) is 15.1. The second kappa shape index (κ2) is 8.06. The molecule has 4 nitrogen and oxygen atoms in total. The molecule has 0 aliphatic carbocycles. The van der Waals surface area contributed by atoms with Crippen molar-refractivity contribution in [2.24, 2.45) is 0 Å². The number of benzene rings is 1. The topological polar surface area (TPSA) is 47.3 Å². The van der Waals surface area contributed by atoms with Crippen LogP contribution in [0.1, 0.15) is 31.9 Å². The number of hydrogen-bond donors (Lipinski definition) is 0. The summed E-state index contributed by atoms with van der Waals surface area (Å²) in [6.45, 7) is 2.89. The molecule has 0 heterocycles. The van der Waals surface area contributed by atoms with Gasteiger partial charge in [0.05, 0.1) is 17.2 Å². The van der Waals surface area contributed by atoms with Gasteiger partial charge in [-0.2, -0.15) is 31.6 Å². The number of amides is 1. The van der Waals surface area contributed by atoms with Gasteiger partial charge in [-0.1, -0.05) is 0 Å². The largest absolute Gasteiger partial charge is 0.417 e. The van der Waals surface area contributed by atoms with Crippen molar-refractivity contribution < 1.29 is 31.1 Å². The zero-order chi connectivity index (χ0) is 21.2. The Hall–Kier alpha value is -2.44. The summed E-state index contributed by atoms with van der Waals surface area (Å²) in [6, 6.07) is 1.92. The SMILES string of the molecule is CC(C)N(C)C(=O)C(C)N(CC(F)(F)F)c1ccc(C#N)c(C(F)(F)F)c1. The first-order valence-corrected chi connectivity index (χ1v) is 7.90. The molecule has 1 amide bonds. The molecule has 150 valence electrons. The lowest BCUT2D eigenvalue weighted by atomic mass is 10.1.